The predicted molar refractivity (Wildman–Crippen MR) is 364 cm³/mol. The third-order valence-electron chi connectivity index (χ3n) is 13.3. The van der Waals surface area contributed by atoms with Gasteiger partial charge in [-0.05, 0) is 35.1 Å². The van der Waals surface area contributed by atoms with E-state index in [0.717, 1.165) is 25.7 Å². The molecule has 0 spiro atoms. The van der Waals surface area contributed by atoms with E-state index in [0.29, 0.717) is 0 Å². The summed E-state index contributed by atoms with van der Waals surface area (Å²) in [5.74, 6) is 0. The van der Waals surface area contributed by atoms with Gasteiger partial charge in [0.2, 0.25) is 0 Å². The molecule has 0 heterocycles. The molecule has 0 nitrogen and oxygen atoms in total. The van der Waals surface area contributed by atoms with Crippen LogP contribution in [0.25, 0.3) is 87.6 Å². The Balaban J connectivity index is 0.000000216. The summed E-state index contributed by atoms with van der Waals surface area (Å²) in [5, 5.41) is 10.8. The normalized spacial score (nSPS) is 9.88. The molecular weight excluding hydrogens is 1270 g/mol. The monoisotopic (exact) mass is 1340 g/mol. The molecule has 8 heteroatoms. The van der Waals surface area contributed by atoms with E-state index in [1.54, 1.807) is 13.1 Å². The zero-order valence-electron chi connectivity index (χ0n) is 48.3. The summed E-state index contributed by atoms with van der Waals surface area (Å²) in [7, 11) is 25.7. The molecule has 0 saturated carbocycles. The first kappa shape index (κ1) is 70.0. The molecule has 0 saturated heterocycles. The van der Waals surface area contributed by atoms with Gasteiger partial charge in [0.1, 0.15) is 0 Å². The maximum absolute atomic E-state index is 4.93. The molecule has 0 aromatic heterocycles. The van der Waals surface area contributed by atoms with E-state index in [9.17, 15) is 0 Å². The molecule has 0 aliphatic rings. The van der Waals surface area contributed by atoms with Crippen LogP contribution >= 0.6 is 34.1 Å². The van der Waals surface area contributed by atoms with Crippen LogP contribution in [-0.4, -0.2) is 20.5 Å². The van der Waals surface area contributed by atoms with Gasteiger partial charge in [0, 0.05) is 20.5 Å². The van der Waals surface area contributed by atoms with Crippen molar-refractivity contribution in [2.24, 2.45) is 0 Å². The molecule has 0 amide bonds. The second-order valence-corrected chi connectivity index (χ2v) is 26.2. The van der Waals surface area contributed by atoms with Crippen LogP contribution in [0.5, 0.6) is 0 Å². The van der Waals surface area contributed by atoms with Gasteiger partial charge in [-0.25, -0.2) is 0 Å². The summed E-state index contributed by atoms with van der Waals surface area (Å²) in [6.07, 6.45) is 6.81. The molecule has 0 aliphatic heterocycles. The first-order valence-corrected chi connectivity index (χ1v) is 42.3. The second-order valence-electron chi connectivity index (χ2n) is 18.8. The summed E-state index contributed by atoms with van der Waals surface area (Å²) in [6.45, 7) is 19.7. The molecule has 12 aromatic rings. The Morgan fingerprint density at radius 2 is 0.573 bits per heavy atom. The standard InChI is InChI=1S/2C17H15.2C16H13.C6H12.2CH3Si.4ClH.2Zr/c2*1-2-13-11-15-9-6-10-16(17(15)12-13)14-7-4-3-5-8-14;2*1-12-10-14-8-5-9-15(16(14)11-12)13-6-3-2-4-7-13;1-3-5-6-4-2;2*1-2;;;;;;/h2*3-12H,2H2,1H3;2*2-11H,1H3;1-6H2;2*1H3;4*1H;;/q4*-1;-2;;;;;;;2*+2/p-4. The molecule has 0 atom stereocenters. The van der Waals surface area contributed by atoms with Crippen molar-refractivity contribution in [2.75, 3.05) is 0 Å². The molecule has 0 fully saturated rings. The average molecular weight is 1340 g/mol. The summed E-state index contributed by atoms with van der Waals surface area (Å²) < 4.78 is 0. The zero-order valence-corrected chi connectivity index (χ0v) is 58.2. The van der Waals surface area contributed by atoms with Crippen molar-refractivity contribution in [3.8, 4) is 44.5 Å². The SMILES string of the molecule is CCc1cc2c(-c3ccccc3)cccc2[cH-]1.CCc1cc2c(-c3ccccc3)cccc2[cH-]1.C[Si].C[Si].Cc1cc2c(-c3ccccc3)cccc2[cH-]1.Cc1cc2c(-c3ccccc3)cccc2[cH-]1.[CH2-]CCCC[CH2-].[Cl][Zr][Cl].[Cl][Zr][Cl]. The molecule has 0 bridgehead atoms. The van der Waals surface area contributed by atoms with E-state index in [1.807, 2.05) is 0 Å². The van der Waals surface area contributed by atoms with Crippen molar-refractivity contribution < 1.29 is 41.7 Å². The Morgan fingerprint density at radius 1 is 0.341 bits per heavy atom. The van der Waals surface area contributed by atoms with Crippen molar-refractivity contribution in [1.82, 2.24) is 0 Å². The molecule has 0 aliphatic carbocycles. The van der Waals surface area contributed by atoms with Crippen LogP contribution < -0.4 is 0 Å². The molecule has 0 N–H and O–H groups in total. The number of unbranched alkanes of at least 4 members (excludes halogenated alkanes) is 3. The fraction of sp³-hybridized carbons (Fsp3) is 0.162. The number of hydrogen-bond donors (Lipinski definition) is 0. The maximum atomic E-state index is 4.93. The first-order valence-electron chi connectivity index (χ1n) is 27.6. The fourth-order valence-corrected chi connectivity index (χ4v) is 9.60. The average Bonchev–Trinajstić information content (AvgIpc) is 4.47. The summed E-state index contributed by atoms with van der Waals surface area (Å²) in [4.78, 5) is 0. The summed E-state index contributed by atoms with van der Waals surface area (Å²) in [5.41, 5.74) is 16.0. The fourth-order valence-electron chi connectivity index (χ4n) is 9.60. The Kier molecular flexibility index (Phi) is 34.8. The van der Waals surface area contributed by atoms with Gasteiger partial charge in [-0.15, -0.1) is 138 Å². The Hall–Kier alpha value is -4.44. The van der Waals surface area contributed by atoms with Crippen molar-refractivity contribution in [3.63, 3.8) is 0 Å². The Morgan fingerprint density at radius 3 is 0.805 bits per heavy atom. The molecular formula is C74H74Cl4Si2Zr2-6. The Labute approximate surface area is 536 Å². The van der Waals surface area contributed by atoms with E-state index in [-0.39, 0.29) is 0 Å². The van der Waals surface area contributed by atoms with E-state index in [4.69, 9.17) is 34.1 Å². The number of fused-ring (bicyclic) bond motifs is 4. The van der Waals surface area contributed by atoms with Crippen LogP contribution in [0.1, 0.15) is 61.8 Å². The minimum atomic E-state index is -0.826. The number of benzene rings is 8. The number of halogens is 4. The van der Waals surface area contributed by atoms with Crippen molar-refractivity contribution >= 4 is 97.6 Å². The molecule has 82 heavy (non-hydrogen) atoms. The van der Waals surface area contributed by atoms with E-state index in [2.05, 4.69) is 305 Å². The topological polar surface area (TPSA) is 0 Å². The predicted octanol–water partition coefficient (Wildman–Crippen LogP) is 24.0. The molecule has 420 valence electrons. The number of hydrogen-bond acceptors (Lipinski definition) is 0. The van der Waals surface area contributed by atoms with Gasteiger partial charge in [-0.2, -0.15) is 37.1 Å². The van der Waals surface area contributed by atoms with Gasteiger partial charge in [0.25, 0.3) is 0 Å². The van der Waals surface area contributed by atoms with Gasteiger partial charge in [0.15, 0.2) is 0 Å². The van der Waals surface area contributed by atoms with Crippen LogP contribution in [0.3, 0.4) is 0 Å². The molecule has 6 radical (unpaired) electrons. The third-order valence-corrected chi connectivity index (χ3v) is 13.3. The van der Waals surface area contributed by atoms with Crippen LogP contribution in [0.4, 0.5) is 0 Å². The van der Waals surface area contributed by atoms with Gasteiger partial charge < -0.3 is 13.8 Å². The van der Waals surface area contributed by atoms with E-state index < -0.39 is 41.7 Å². The molecule has 0 unspecified atom stereocenters. The van der Waals surface area contributed by atoms with Gasteiger partial charge in [0.05, 0.1) is 0 Å². The number of aryl methyl sites for hydroxylation is 4. The van der Waals surface area contributed by atoms with Crippen LogP contribution in [0.2, 0.25) is 13.1 Å². The van der Waals surface area contributed by atoms with Gasteiger partial charge in [-0.1, -0.05) is 221 Å². The van der Waals surface area contributed by atoms with Crippen molar-refractivity contribution in [3.05, 3.63) is 279 Å². The quantitative estimate of drug-likeness (QED) is 0.0768. The van der Waals surface area contributed by atoms with Gasteiger partial charge >= 0.3 is 75.7 Å². The Bertz CT molecular complexity index is 3340. The van der Waals surface area contributed by atoms with Crippen molar-refractivity contribution in [2.45, 2.75) is 79.3 Å². The molecule has 12 rings (SSSR count). The third kappa shape index (κ3) is 21.9. The van der Waals surface area contributed by atoms with E-state index in [1.165, 1.54) is 123 Å². The van der Waals surface area contributed by atoms with E-state index >= 15 is 0 Å². The first-order chi connectivity index (χ1) is 40.2. The van der Waals surface area contributed by atoms with Crippen LogP contribution in [0.15, 0.2) is 243 Å². The summed E-state index contributed by atoms with van der Waals surface area (Å²) in [6, 6.07) is 86.6. The minimum absolute atomic E-state index is 0.826. The molecule has 12 aromatic carbocycles. The second kappa shape index (κ2) is 40.8. The van der Waals surface area contributed by atoms with Crippen LogP contribution in [-0.2, 0) is 54.5 Å². The van der Waals surface area contributed by atoms with Crippen LogP contribution in [0, 0.1) is 27.7 Å². The zero-order chi connectivity index (χ0) is 59.5. The van der Waals surface area contributed by atoms with Gasteiger partial charge in [-0.3, -0.25) is 0 Å². The van der Waals surface area contributed by atoms with Crippen molar-refractivity contribution in [1.29, 1.82) is 0 Å². The number of rotatable bonds is 9. The summed E-state index contributed by atoms with van der Waals surface area (Å²) >= 11 is -1.65.